The molecule has 162 valence electrons. The van der Waals surface area contributed by atoms with Crippen LogP contribution in [0.15, 0.2) is 30.3 Å². The van der Waals surface area contributed by atoms with E-state index in [0.717, 1.165) is 60.0 Å². The van der Waals surface area contributed by atoms with Gasteiger partial charge < -0.3 is 19.7 Å². The third kappa shape index (κ3) is 4.90. The molecule has 0 fully saturated rings. The second kappa shape index (κ2) is 10.2. The molecule has 1 N–H and O–H groups in total. The highest BCUT2D eigenvalue weighted by atomic mass is 35.5. The molecular formula is C24H32ClN3O2. The molecule has 0 aliphatic heterocycles. The number of rotatable bonds is 10. The Hall–Kier alpha value is -2.24. The van der Waals surface area contributed by atoms with Crippen LogP contribution >= 0.6 is 11.6 Å². The number of nitrogens with one attached hydrogen (secondary N) is 1. The molecule has 0 amide bonds. The van der Waals surface area contributed by atoms with Crippen LogP contribution in [0.4, 0.5) is 5.69 Å². The summed E-state index contributed by atoms with van der Waals surface area (Å²) >= 11 is 6.25. The van der Waals surface area contributed by atoms with E-state index in [1.165, 1.54) is 0 Å². The third-order valence-corrected chi connectivity index (χ3v) is 5.87. The van der Waals surface area contributed by atoms with E-state index < -0.39 is 0 Å². The van der Waals surface area contributed by atoms with Gasteiger partial charge in [-0.2, -0.15) is 0 Å². The van der Waals surface area contributed by atoms with E-state index in [9.17, 15) is 0 Å². The van der Waals surface area contributed by atoms with E-state index >= 15 is 0 Å². The van der Waals surface area contributed by atoms with Gasteiger partial charge in [0.1, 0.15) is 0 Å². The zero-order valence-corrected chi connectivity index (χ0v) is 19.3. The topological polar surface area (TPSA) is 46.6 Å². The first-order valence-corrected chi connectivity index (χ1v) is 11.0. The molecule has 0 bridgehead atoms. The first-order valence-electron chi connectivity index (χ1n) is 10.6. The normalized spacial score (nSPS) is 12.5. The molecule has 0 unspecified atom stereocenters. The monoisotopic (exact) mass is 429 g/mol. The largest absolute Gasteiger partial charge is 0.493 e. The number of methoxy groups -OCH3 is 2. The van der Waals surface area contributed by atoms with Crippen LogP contribution in [0.3, 0.4) is 0 Å². The van der Waals surface area contributed by atoms with E-state index in [1.54, 1.807) is 14.2 Å². The van der Waals surface area contributed by atoms with Crippen molar-refractivity contribution in [3.63, 3.8) is 0 Å². The fraction of sp³-hybridized carbons (Fsp3) is 0.458. The summed E-state index contributed by atoms with van der Waals surface area (Å²) in [5.41, 5.74) is 2.77. The van der Waals surface area contributed by atoms with E-state index in [2.05, 4.69) is 31.0 Å². The molecule has 6 heteroatoms. The summed E-state index contributed by atoms with van der Waals surface area (Å²) in [6.45, 7) is 9.98. The van der Waals surface area contributed by atoms with Crippen molar-refractivity contribution in [1.82, 2.24) is 9.88 Å². The minimum absolute atomic E-state index is 0.318. The molecule has 1 atom stereocenters. The zero-order valence-electron chi connectivity index (χ0n) is 18.6. The van der Waals surface area contributed by atoms with Gasteiger partial charge in [-0.15, -0.1) is 0 Å². The van der Waals surface area contributed by atoms with Crippen molar-refractivity contribution in [3.05, 3.63) is 35.4 Å². The Morgan fingerprint density at radius 2 is 1.67 bits per heavy atom. The maximum Gasteiger partial charge on any atom is 0.162 e. The van der Waals surface area contributed by atoms with Gasteiger partial charge in [0.25, 0.3) is 0 Å². The highest BCUT2D eigenvalue weighted by molar-refractivity contribution is 6.31. The number of hydrogen-bond donors (Lipinski definition) is 1. The number of ether oxygens (including phenoxy) is 2. The fourth-order valence-corrected chi connectivity index (χ4v) is 4.05. The molecule has 0 aliphatic carbocycles. The molecule has 1 heterocycles. The van der Waals surface area contributed by atoms with Gasteiger partial charge in [-0.25, -0.2) is 4.98 Å². The Bertz CT molecular complexity index is 1000. The van der Waals surface area contributed by atoms with Gasteiger partial charge in [0.2, 0.25) is 0 Å². The minimum Gasteiger partial charge on any atom is -0.493 e. The van der Waals surface area contributed by atoms with Crippen LogP contribution < -0.4 is 14.8 Å². The van der Waals surface area contributed by atoms with Gasteiger partial charge in [0.15, 0.2) is 11.5 Å². The summed E-state index contributed by atoms with van der Waals surface area (Å²) in [4.78, 5) is 7.29. The van der Waals surface area contributed by atoms with Crippen molar-refractivity contribution < 1.29 is 9.47 Å². The van der Waals surface area contributed by atoms with Crippen LogP contribution in [0, 0.1) is 0 Å². The van der Waals surface area contributed by atoms with Crippen LogP contribution in [-0.4, -0.2) is 49.8 Å². The van der Waals surface area contributed by atoms with E-state index in [1.807, 2.05) is 30.3 Å². The number of nitrogens with zero attached hydrogens (tertiary/aromatic N) is 2. The summed E-state index contributed by atoms with van der Waals surface area (Å²) in [5.74, 6) is 1.36. The summed E-state index contributed by atoms with van der Waals surface area (Å²) in [6.07, 6.45) is 2.24. The second-order valence-corrected chi connectivity index (χ2v) is 8.02. The lowest BCUT2D eigenvalue weighted by Crippen LogP contribution is -2.25. The Balaban J connectivity index is 1.99. The number of halogens is 1. The predicted molar refractivity (Wildman–Crippen MR) is 127 cm³/mol. The number of hydrogen-bond acceptors (Lipinski definition) is 5. The van der Waals surface area contributed by atoms with Crippen molar-refractivity contribution >= 4 is 39.1 Å². The molecular weight excluding hydrogens is 398 g/mol. The highest BCUT2D eigenvalue weighted by Gasteiger charge is 2.16. The summed E-state index contributed by atoms with van der Waals surface area (Å²) < 4.78 is 11.0. The number of benzene rings is 2. The molecule has 3 aromatic rings. The molecule has 0 aliphatic rings. The maximum atomic E-state index is 6.25. The summed E-state index contributed by atoms with van der Waals surface area (Å²) in [6, 6.07) is 10.1. The molecule has 1 aromatic heterocycles. The molecule has 5 nitrogen and oxygen atoms in total. The van der Waals surface area contributed by atoms with Crippen LogP contribution in [0.5, 0.6) is 11.5 Å². The van der Waals surface area contributed by atoms with Crippen LogP contribution in [-0.2, 0) is 0 Å². The number of aromatic nitrogens is 1. The standard InChI is InChI=1S/C24H32ClN3O2/c1-6-28(7-2)12-8-9-16(3)26-24-18-11-10-17(25)13-20(18)27-21-15-23(30-5)22(29-4)14-19(21)24/h10-11,13-16H,6-9,12H2,1-5H3,(H,26,27)/t16-/m1/s1. The summed E-state index contributed by atoms with van der Waals surface area (Å²) in [7, 11) is 3.29. The smallest absolute Gasteiger partial charge is 0.162 e. The fourth-order valence-electron chi connectivity index (χ4n) is 3.88. The molecule has 3 rings (SSSR count). The Kier molecular flexibility index (Phi) is 7.62. The van der Waals surface area contributed by atoms with Crippen molar-refractivity contribution in [2.75, 3.05) is 39.2 Å². The third-order valence-electron chi connectivity index (χ3n) is 5.64. The Morgan fingerprint density at radius 3 is 2.33 bits per heavy atom. The predicted octanol–water partition coefficient (Wildman–Crippen LogP) is 5.98. The highest BCUT2D eigenvalue weighted by Crippen LogP contribution is 2.39. The molecule has 2 aromatic carbocycles. The molecule has 0 radical (unpaired) electrons. The first kappa shape index (κ1) is 22.4. The lowest BCUT2D eigenvalue weighted by molar-refractivity contribution is 0.295. The number of pyridine rings is 1. The van der Waals surface area contributed by atoms with Crippen molar-refractivity contribution in [2.45, 2.75) is 39.7 Å². The van der Waals surface area contributed by atoms with Gasteiger partial charge in [0, 0.05) is 27.9 Å². The summed E-state index contributed by atoms with van der Waals surface area (Å²) in [5, 5.41) is 6.48. The van der Waals surface area contributed by atoms with Gasteiger partial charge >= 0.3 is 0 Å². The van der Waals surface area contributed by atoms with Gasteiger partial charge in [-0.1, -0.05) is 25.4 Å². The van der Waals surface area contributed by atoms with Crippen LogP contribution in [0.25, 0.3) is 21.8 Å². The van der Waals surface area contributed by atoms with E-state index in [4.69, 9.17) is 26.1 Å². The van der Waals surface area contributed by atoms with Gasteiger partial charge in [-0.3, -0.25) is 0 Å². The second-order valence-electron chi connectivity index (χ2n) is 7.59. The Labute approximate surface area is 184 Å². The SMILES string of the molecule is CCN(CC)CCC[C@@H](C)Nc1c2ccc(Cl)cc2nc2cc(OC)c(OC)cc12. The van der Waals surface area contributed by atoms with Gasteiger partial charge in [-0.05, 0) is 63.7 Å². The molecule has 0 spiro atoms. The average molecular weight is 430 g/mol. The first-order chi connectivity index (χ1) is 14.5. The Morgan fingerprint density at radius 1 is 1.00 bits per heavy atom. The zero-order chi connectivity index (χ0) is 21.7. The lowest BCUT2D eigenvalue weighted by Gasteiger charge is -2.22. The lowest BCUT2D eigenvalue weighted by atomic mass is 10.0. The number of fused-ring (bicyclic) bond motifs is 2. The van der Waals surface area contributed by atoms with Crippen molar-refractivity contribution in [1.29, 1.82) is 0 Å². The van der Waals surface area contributed by atoms with Crippen LogP contribution in [0.2, 0.25) is 5.02 Å². The number of anilines is 1. The maximum absolute atomic E-state index is 6.25. The molecule has 30 heavy (non-hydrogen) atoms. The van der Waals surface area contributed by atoms with E-state index in [-0.39, 0.29) is 0 Å². The van der Waals surface area contributed by atoms with Crippen molar-refractivity contribution in [2.24, 2.45) is 0 Å². The molecule has 0 saturated heterocycles. The van der Waals surface area contributed by atoms with E-state index in [0.29, 0.717) is 22.6 Å². The molecule has 0 saturated carbocycles. The van der Waals surface area contributed by atoms with Gasteiger partial charge in [0.05, 0.1) is 30.9 Å². The van der Waals surface area contributed by atoms with Crippen molar-refractivity contribution in [3.8, 4) is 11.5 Å². The minimum atomic E-state index is 0.318. The average Bonchev–Trinajstić information content (AvgIpc) is 2.75. The van der Waals surface area contributed by atoms with Crippen LogP contribution in [0.1, 0.15) is 33.6 Å². The quantitative estimate of drug-likeness (QED) is 0.401.